The van der Waals surface area contributed by atoms with Crippen molar-refractivity contribution < 1.29 is 14.3 Å². The van der Waals surface area contributed by atoms with Crippen LogP contribution in [0.25, 0.3) is 0 Å². The molecule has 1 heterocycles. The van der Waals surface area contributed by atoms with E-state index in [1.807, 2.05) is 11.9 Å². The van der Waals surface area contributed by atoms with E-state index in [-0.39, 0.29) is 24.5 Å². The zero-order valence-corrected chi connectivity index (χ0v) is 13.3. The number of methoxy groups -OCH3 is 1. The number of piperidine rings is 1. The number of Topliss-reactive ketones (excluding diaryl/α,β-unsaturated/α-hetero) is 1. The molecule has 0 bridgehead atoms. The Kier molecular flexibility index (Phi) is 5.95. The first-order valence-corrected chi connectivity index (χ1v) is 7.75. The number of carbonyl (C=O) groups excluding carboxylic acids is 2. The van der Waals surface area contributed by atoms with Gasteiger partial charge in [-0.15, -0.1) is 0 Å². The summed E-state index contributed by atoms with van der Waals surface area (Å²) in [6.45, 7) is 1.90. The average Bonchev–Trinajstić information content (AvgIpc) is 2.59. The maximum Gasteiger partial charge on any atom is 0.223 e. The highest BCUT2D eigenvalue weighted by molar-refractivity contribution is 5.98. The number of amides is 1. The Balaban J connectivity index is 1.82. The highest BCUT2D eigenvalue weighted by Gasteiger charge is 2.22. The van der Waals surface area contributed by atoms with E-state index >= 15 is 0 Å². The van der Waals surface area contributed by atoms with Gasteiger partial charge < -0.3 is 15.0 Å². The first-order valence-electron chi connectivity index (χ1n) is 7.75. The molecule has 1 aromatic carbocycles. The van der Waals surface area contributed by atoms with Gasteiger partial charge in [0.2, 0.25) is 5.91 Å². The van der Waals surface area contributed by atoms with Crippen LogP contribution in [-0.4, -0.2) is 49.9 Å². The molecule has 5 nitrogen and oxygen atoms in total. The van der Waals surface area contributed by atoms with Gasteiger partial charge in [-0.25, -0.2) is 0 Å². The lowest BCUT2D eigenvalue weighted by molar-refractivity contribution is -0.132. The number of nitrogens with zero attached hydrogens (tertiary/aromatic N) is 1. The molecule has 1 fully saturated rings. The molecule has 0 unspecified atom stereocenters. The molecule has 0 radical (unpaired) electrons. The summed E-state index contributed by atoms with van der Waals surface area (Å²) in [7, 11) is 3.43. The molecule has 1 aromatic rings. The van der Waals surface area contributed by atoms with E-state index in [2.05, 4.69) is 5.32 Å². The molecule has 1 amide bonds. The SMILES string of the molecule is COc1ccc(C(=O)CCC(=O)N(C)C2CCNCC2)cc1. The molecule has 1 aliphatic rings. The maximum absolute atomic E-state index is 12.2. The van der Waals surface area contributed by atoms with Crippen LogP contribution >= 0.6 is 0 Å². The van der Waals surface area contributed by atoms with Crippen molar-refractivity contribution >= 4 is 11.7 Å². The van der Waals surface area contributed by atoms with Gasteiger partial charge in [0.25, 0.3) is 0 Å². The van der Waals surface area contributed by atoms with Gasteiger partial charge in [0.15, 0.2) is 5.78 Å². The lowest BCUT2D eigenvalue weighted by Gasteiger charge is -2.31. The highest BCUT2D eigenvalue weighted by atomic mass is 16.5. The van der Waals surface area contributed by atoms with Gasteiger partial charge >= 0.3 is 0 Å². The summed E-state index contributed by atoms with van der Waals surface area (Å²) < 4.78 is 5.07. The molecule has 120 valence electrons. The van der Waals surface area contributed by atoms with Crippen molar-refractivity contribution in [3.63, 3.8) is 0 Å². The van der Waals surface area contributed by atoms with E-state index in [0.717, 1.165) is 31.7 Å². The van der Waals surface area contributed by atoms with Crippen LogP contribution in [0.5, 0.6) is 5.75 Å². The predicted molar refractivity (Wildman–Crippen MR) is 85.2 cm³/mol. The molecular formula is C17H24N2O3. The lowest BCUT2D eigenvalue weighted by atomic mass is 10.0. The van der Waals surface area contributed by atoms with Crippen molar-refractivity contribution in [1.29, 1.82) is 0 Å². The van der Waals surface area contributed by atoms with Crippen LogP contribution in [0.4, 0.5) is 0 Å². The molecule has 0 aromatic heterocycles. The number of benzene rings is 1. The summed E-state index contributed by atoms with van der Waals surface area (Å²) in [5, 5.41) is 3.29. The van der Waals surface area contributed by atoms with Gasteiger partial charge in [0.05, 0.1) is 7.11 Å². The molecule has 0 aliphatic carbocycles. The van der Waals surface area contributed by atoms with E-state index in [4.69, 9.17) is 4.74 Å². The third-order valence-electron chi connectivity index (χ3n) is 4.23. The van der Waals surface area contributed by atoms with E-state index < -0.39 is 0 Å². The largest absolute Gasteiger partial charge is 0.497 e. The number of ketones is 1. The summed E-state index contributed by atoms with van der Waals surface area (Å²) in [6, 6.07) is 7.29. The maximum atomic E-state index is 12.2. The van der Waals surface area contributed by atoms with Crippen molar-refractivity contribution in [3.05, 3.63) is 29.8 Å². The van der Waals surface area contributed by atoms with Crippen molar-refractivity contribution in [2.75, 3.05) is 27.2 Å². The molecule has 0 saturated carbocycles. The lowest BCUT2D eigenvalue weighted by Crippen LogP contribution is -2.44. The van der Waals surface area contributed by atoms with Crippen LogP contribution in [0.1, 0.15) is 36.0 Å². The molecule has 0 spiro atoms. The summed E-state index contributed by atoms with van der Waals surface area (Å²) in [6.07, 6.45) is 2.48. The van der Waals surface area contributed by atoms with Crippen molar-refractivity contribution in [3.8, 4) is 5.75 Å². The monoisotopic (exact) mass is 304 g/mol. The zero-order valence-electron chi connectivity index (χ0n) is 13.3. The average molecular weight is 304 g/mol. The topological polar surface area (TPSA) is 58.6 Å². The number of nitrogens with one attached hydrogen (secondary N) is 1. The second-order valence-corrected chi connectivity index (χ2v) is 5.64. The first-order chi connectivity index (χ1) is 10.6. The molecule has 22 heavy (non-hydrogen) atoms. The minimum atomic E-state index is -0.00489. The summed E-state index contributed by atoms with van der Waals surface area (Å²) in [5.74, 6) is 0.766. The zero-order chi connectivity index (χ0) is 15.9. The number of rotatable bonds is 6. The van der Waals surface area contributed by atoms with Crippen LogP contribution in [0.2, 0.25) is 0 Å². The normalized spacial score (nSPS) is 15.4. The summed E-state index contributed by atoms with van der Waals surface area (Å²) >= 11 is 0. The summed E-state index contributed by atoms with van der Waals surface area (Å²) in [5.41, 5.74) is 0.623. The smallest absolute Gasteiger partial charge is 0.223 e. The Labute approximate surface area is 131 Å². The third kappa shape index (κ3) is 4.31. The Morgan fingerprint density at radius 3 is 2.41 bits per heavy atom. The number of ether oxygens (including phenoxy) is 1. The Morgan fingerprint density at radius 1 is 1.18 bits per heavy atom. The molecule has 2 rings (SSSR count). The Bertz CT molecular complexity index is 507. The van der Waals surface area contributed by atoms with Gasteiger partial charge in [-0.05, 0) is 50.2 Å². The minimum absolute atomic E-state index is 0.00489. The fourth-order valence-electron chi connectivity index (χ4n) is 2.72. The second-order valence-electron chi connectivity index (χ2n) is 5.64. The van der Waals surface area contributed by atoms with E-state index in [1.54, 1.807) is 31.4 Å². The van der Waals surface area contributed by atoms with Crippen LogP contribution < -0.4 is 10.1 Å². The van der Waals surface area contributed by atoms with Gasteiger partial charge in [-0.1, -0.05) is 0 Å². The van der Waals surface area contributed by atoms with Crippen molar-refractivity contribution in [2.45, 2.75) is 31.7 Å². The van der Waals surface area contributed by atoms with Gasteiger partial charge in [0.1, 0.15) is 5.75 Å². The highest BCUT2D eigenvalue weighted by Crippen LogP contribution is 2.15. The van der Waals surface area contributed by atoms with Crippen LogP contribution in [0.15, 0.2) is 24.3 Å². The minimum Gasteiger partial charge on any atom is -0.497 e. The fourth-order valence-corrected chi connectivity index (χ4v) is 2.72. The van der Waals surface area contributed by atoms with Gasteiger partial charge in [0, 0.05) is 31.5 Å². The van der Waals surface area contributed by atoms with E-state index in [0.29, 0.717) is 11.6 Å². The number of carbonyl (C=O) groups is 2. The Morgan fingerprint density at radius 2 is 1.82 bits per heavy atom. The second kappa shape index (κ2) is 7.94. The van der Waals surface area contributed by atoms with E-state index in [1.165, 1.54) is 0 Å². The molecule has 1 aliphatic heterocycles. The molecule has 5 heteroatoms. The molecular weight excluding hydrogens is 280 g/mol. The predicted octanol–water partition coefficient (Wildman–Crippen LogP) is 1.87. The molecule has 1 saturated heterocycles. The Hall–Kier alpha value is -1.88. The van der Waals surface area contributed by atoms with Gasteiger partial charge in [-0.2, -0.15) is 0 Å². The first kappa shape index (κ1) is 16.5. The van der Waals surface area contributed by atoms with E-state index in [9.17, 15) is 9.59 Å². The van der Waals surface area contributed by atoms with Crippen LogP contribution in [-0.2, 0) is 4.79 Å². The van der Waals surface area contributed by atoms with Crippen molar-refractivity contribution in [1.82, 2.24) is 10.2 Å². The quantitative estimate of drug-likeness (QED) is 0.815. The molecule has 0 atom stereocenters. The third-order valence-corrected chi connectivity index (χ3v) is 4.23. The standard InChI is InChI=1S/C17H24N2O3/c1-19(14-9-11-18-12-10-14)17(21)8-7-16(20)13-3-5-15(22-2)6-4-13/h3-6,14,18H,7-12H2,1-2H3. The van der Waals surface area contributed by atoms with Crippen molar-refractivity contribution in [2.24, 2.45) is 0 Å². The van der Waals surface area contributed by atoms with Crippen LogP contribution in [0, 0.1) is 0 Å². The fraction of sp³-hybridized carbons (Fsp3) is 0.529. The summed E-state index contributed by atoms with van der Waals surface area (Å²) in [4.78, 5) is 26.1. The van der Waals surface area contributed by atoms with Crippen LogP contribution in [0.3, 0.4) is 0 Å². The van der Waals surface area contributed by atoms with Gasteiger partial charge in [-0.3, -0.25) is 9.59 Å². The number of hydrogen-bond acceptors (Lipinski definition) is 4. The molecule has 1 N–H and O–H groups in total. The number of hydrogen-bond donors (Lipinski definition) is 1.